The van der Waals surface area contributed by atoms with E-state index in [2.05, 4.69) is 0 Å². The molecule has 2 aromatic carbocycles. The van der Waals surface area contributed by atoms with Crippen LogP contribution in [0.2, 0.25) is 0 Å². The Morgan fingerprint density at radius 2 is 1.94 bits per heavy atom. The molecular weight excluding hydrogens is 398 g/mol. The number of carbonyl (C=O) groups excluding carboxylic acids is 1. The Kier molecular flexibility index (Phi) is 5.70. The molecule has 2 heterocycles. The molecule has 1 fully saturated rings. The molecular formula is C23H23N3O5. The van der Waals surface area contributed by atoms with E-state index < -0.39 is 11.0 Å². The molecule has 3 aromatic rings. The highest BCUT2D eigenvalue weighted by atomic mass is 16.6. The van der Waals surface area contributed by atoms with Gasteiger partial charge < -0.3 is 14.4 Å². The normalized spacial score (nSPS) is 16.4. The molecule has 1 saturated heterocycles. The first-order chi connectivity index (χ1) is 15.0. The van der Waals surface area contributed by atoms with Crippen molar-refractivity contribution in [2.75, 3.05) is 14.2 Å². The summed E-state index contributed by atoms with van der Waals surface area (Å²) in [6.45, 7) is 0.295. The lowest BCUT2D eigenvalue weighted by molar-refractivity contribution is -0.385. The van der Waals surface area contributed by atoms with Crippen LogP contribution in [0.25, 0.3) is 10.9 Å². The zero-order valence-corrected chi connectivity index (χ0v) is 17.4. The maximum Gasteiger partial charge on any atom is 0.311 e. The van der Waals surface area contributed by atoms with Crippen molar-refractivity contribution in [3.05, 3.63) is 69.9 Å². The van der Waals surface area contributed by atoms with Crippen LogP contribution in [-0.4, -0.2) is 34.9 Å². The summed E-state index contributed by atoms with van der Waals surface area (Å²) in [7, 11) is 2.90. The van der Waals surface area contributed by atoms with Crippen molar-refractivity contribution in [2.24, 2.45) is 0 Å². The lowest BCUT2D eigenvalue weighted by Gasteiger charge is -2.36. The molecule has 1 atom stereocenters. The van der Waals surface area contributed by atoms with Gasteiger partial charge in [-0.2, -0.15) is 0 Å². The fourth-order valence-electron chi connectivity index (χ4n) is 4.21. The number of carbonyl (C=O) groups is 1. The van der Waals surface area contributed by atoms with Crippen LogP contribution in [0.3, 0.4) is 0 Å². The third-order valence-corrected chi connectivity index (χ3v) is 5.64. The Balaban J connectivity index is 1.78. The van der Waals surface area contributed by atoms with E-state index in [-0.39, 0.29) is 17.3 Å². The minimum Gasteiger partial charge on any atom is -0.496 e. The lowest BCUT2D eigenvalue weighted by atomic mass is 9.92. The zero-order chi connectivity index (χ0) is 22.0. The first-order valence-corrected chi connectivity index (χ1v) is 10.1. The zero-order valence-electron chi connectivity index (χ0n) is 17.4. The number of rotatable bonds is 6. The van der Waals surface area contributed by atoms with Crippen molar-refractivity contribution in [1.29, 1.82) is 0 Å². The van der Waals surface area contributed by atoms with Crippen LogP contribution in [0.1, 0.15) is 36.6 Å². The van der Waals surface area contributed by atoms with E-state index in [1.165, 1.54) is 20.3 Å². The molecule has 8 heteroatoms. The monoisotopic (exact) mass is 421 g/mol. The number of nitrogens with zero attached hydrogens (tertiary/aromatic N) is 3. The first kappa shape index (κ1) is 20.6. The minimum atomic E-state index is -0.484. The number of nitro benzene ring substituents is 1. The van der Waals surface area contributed by atoms with Crippen LogP contribution in [-0.2, 0) is 11.3 Å². The van der Waals surface area contributed by atoms with Crippen molar-refractivity contribution in [1.82, 2.24) is 9.88 Å². The molecule has 0 aliphatic carbocycles. The molecule has 1 aliphatic heterocycles. The number of amides is 1. The molecule has 0 N–H and O–H groups in total. The van der Waals surface area contributed by atoms with Gasteiger partial charge in [-0.1, -0.05) is 24.3 Å². The van der Waals surface area contributed by atoms with Crippen molar-refractivity contribution in [3.8, 4) is 11.5 Å². The molecule has 0 radical (unpaired) electrons. The number of nitro groups is 1. The molecule has 4 rings (SSSR count). The Morgan fingerprint density at radius 3 is 2.68 bits per heavy atom. The maximum absolute atomic E-state index is 12.9. The number of fused-ring (bicyclic) bond motifs is 1. The number of hydrogen-bond acceptors (Lipinski definition) is 6. The molecule has 1 unspecified atom stereocenters. The number of aromatic nitrogens is 1. The Labute approximate surface area is 179 Å². The van der Waals surface area contributed by atoms with Crippen LogP contribution >= 0.6 is 0 Å². The first-order valence-electron chi connectivity index (χ1n) is 10.1. The van der Waals surface area contributed by atoms with E-state index >= 15 is 0 Å². The fraction of sp³-hybridized carbons (Fsp3) is 0.304. The SMILES string of the molecule is COc1ccc([N+](=O)[O-])c(OC)c1C1CCCC(=O)N1Cc1ccc2ccccc2n1. The number of benzene rings is 2. The predicted molar refractivity (Wildman–Crippen MR) is 115 cm³/mol. The summed E-state index contributed by atoms with van der Waals surface area (Å²) in [6.07, 6.45) is 1.75. The van der Waals surface area contributed by atoms with Gasteiger partial charge in [-0.3, -0.25) is 19.9 Å². The van der Waals surface area contributed by atoms with Crippen LogP contribution in [0.15, 0.2) is 48.5 Å². The molecule has 1 aliphatic rings. The van der Waals surface area contributed by atoms with E-state index in [0.29, 0.717) is 37.1 Å². The standard InChI is InChI=1S/C23H23N3O5/c1-30-20-13-12-19(26(28)29)23(31-2)22(20)18-8-5-9-21(27)25(18)14-16-11-10-15-6-3-4-7-17(15)24-16/h3-4,6-7,10-13,18H,5,8-9,14H2,1-2H3. The Hall–Kier alpha value is -3.68. The summed E-state index contributed by atoms with van der Waals surface area (Å²) in [6, 6.07) is 14.2. The molecule has 160 valence electrons. The number of methoxy groups -OCH3 is 2. The van der Waals surface area contributed by atoms with Gasteiger partial charge in [0.1, 0.15) is 5.75 Å². The highest BCUT2D eigenvalue weighted by Crippen LogP contribution is 2.46. The van der Waals surface area contributed by atoms with Gasteiger partial charge in [0.25, 0.3) is 0 Å². The second-order valence-corrected chi connectivity index (χ2v) is 7.42. The van der Waals surface area contributed by atoms with Crippen LogP contribution in [0, 0.1) is 10.1 Å². The highest BCUT2D eigenvalue weighted by molar-refractivity contribution is 5.80. The highest BCUT2D eigenvalue weighted by Gasteiger charge is 2.36. The molecule has 8 nitrogen and oxygen atoms in total. The largest absolute Gasteiger partial charge is 0.496 e. The fourth-order valence-corrected chi connectivity index (χ4v) is 4.21. The topological polar surface area (TPSA) is 94.8 Å². The predicted octanol–water partition coefficient (Wildman–Crippen LogP) is 4.41. The van der Waals surface area contributed by atoms with Crippen LogP contribution in [0.4, 0.5) is 5.69 Å². The number of pyridine rings is 1. The average molecular weight is 421 g/mol. The summed E-state index contributed by atoms with van der Waals surface area (Å²) >= 11 is 0. The Morgan fingerprint density at radius 1 is 1.13 bits per heavy atom. The van der Waals surface area contributed by atoms with Gasteiger partial charge >= 0.3 is 5.69 Å². The Bertz CT molecular complexity index is 1150. The molecule has 1 aromatic heterocycles. The van der Waals surface area contributed by atoms with Crippen LogP contribution < -0.4 is 9.47 Å². The number of ether oxygens (including phenoxy) is 2. The third kappa shape index (κ3) is 3.88. The van der Waals surface area contributed by atoms with E-state index in [9.17, 15) is 14.9 Å². The summed E-state index contributed by atoms with van der Waals surface area (Å²) in [5.41, 5.74) is 1.97. The van der Waals surface area contributed by atoms with Crippen molar-refractivity contribution < 1.29 is 19.2 Å². The van der Waals surface area contributed by atoms with E-state index in [1.807, 2.05) is 36.4 Å². The van der Waals surface area contributed by atoms with Crippen molar-refractivity contribution in [3.63, 3.8) is 0 Å². The second kappa shape index (κ2) is 8.59. The number of piperidine rings is 1. The van der Waals surface area contributed by atoms with Gasteiger partial charge in [-0.25, -0.2) is 0 Å². The van der Waals surface area contributed by atoms with Gasteiger partial charge in [0, 0.05) is 17.9 Å². The van der Waals surface area contributed by atoms with Gasteiger partial charge in [-0.05, 0) is 31.0 Å². The van der Waals surface area contributed by atoms with E-state index in [4.69, 9.17) is 14.5 Å². The summed E-state index contributed by atoms with van der Waals surface area (Å²) in [5.74, 6) is 0.556. The number of hydrogen-bond donors (Lipinski definition) is 0. The molecule has 0 bridgehead atoms. The van der Waals surface area contributed by atoms with Crippen molar-refractivity contribution >= 4 is 22.5 Å². The average Bonchev–Trinajstić information content (AvgIpc) is 2.79. The molecule has 1 amide bonds. The molecule has 0 spiro atoms. The minimum absolute atomic E-state index is 0.0261. The van der Waals surface area contributed by atoms with E-state index in [1.54, 1.807) is 11.0 Å². The quantitative estimate of drug-likeness (QED) is 0.432. The van der Waals surface area contributed by atoms with Gasteiger partial charge in [0.15, 0.2) is 0 Å². The second-order valence-electron chi connectivity index (χ2n) is 7.42. The number of likely N-dealkylation sites (tertiary alicyclic amines) is 1. The van der Waals surface area contributed by atoms with Gasteiger partial charge in [0.2, 0.25) is 11.7 Å². The molecule has 31 heavy (non-hydrogen) atoms. The van der Waals surface area contributed by atoms with E-state index in [0.717, 1.165) is 16.6 Å². The summed E-state index contributed by atoms with van der Waals surface area (Å²) in [4.78, 5) is 30.5. The summed E-state index contributed by atoms with van der Waals surface area (Å²) in [5, 5.41) is 12.6. The number of para-hydroxylation sites is 1. The molecule has 0 saturated carbocycles. The van der Waals surface area contributed by atoms with Crippen molar-refractivity contribution in [2.45, 2.75) is 31.8 Å². The lowest BCUT2D eigenvalue weighted by Crippen LogP contribution is -2.38. The van der Waals surface area contributed by atoms with Gasteiger partial charge in [0.05, 0.1) is 48.5 Å². The van der Waals surface area contributed by atoms with Crippen LogP contribution in [0.5, 0.6) is 11.5 Å². The smallest absolute Gasteiger partial charge is 0.311 e. The summed E-state index contributed by atoms with van der Waals surface area (Å²) < 4.78 is 11.0. The van der Waals surface area contributed by atoms with Gasteiger partial charge in [-0.15, -0.1) is 0 Å². The third-order valence-electron chi connectivity index (χ3n) is 5.64. The maximum atomic E-state index is 12.9.